The fourth-order valence-corrected chi connectivity index (χ4v) is 3.64. The molecule has 0 radical (unpaired) electrons. The molecule has 4 rings (SSSR count). The van der Waals surface area contributed by atoms with Crippen LogP contribution in [-0.2, 0) is 16.1 Å². The molecule has 1 aromatic heterocycles. The fourth-order valence-electron chi connectivity index (χ4n) is 3.64. The number of aromatic nitrogens is 3. The van der Waals surface area contributed by atoms with E-state index in [0.29, 0.717) is 12.1 Å². The molecule has 3 aromatic rings. The maximum absolute atomic E-state index is 12.8. The molecule has 1 amide bonds. The average molecular weight is 505 g/mol. The van der Waals surface area contributed by atoms with Gasteiger partial charge in [0.1, 0.15) is 11.3 Å². The number of benzene rings is 2. The number of para-hydroxylation sites is 1. The summed E-state index contributed by atoms with van der Waals surface area (Å²) in [7, 11) is 1.74. The first kappa shape index (κ1) is 26.8. The molecule has 192 valence electrons. The van der Waals surface area contributed by atoms with E-state index in [1.807, 2.05) is 66.3 Å². The number of aryl methyl sites for hydroxylation is 1. The van der Waals surface area contributed by atoms with E-state index in [0.717, 1.165) is 42.0 Å². The molecule has 1 atom stereocenters. The number of hydrogen-bond acceptors (Lipinski definition) is 6. The number of hydrogen-bond donors (Lipinski definition) is 3. The number of carboxylic acid groups (broad SMARTS) is 1. The second kappa shape index (κ2) is 11.3. The summed E-state index contributed by atoms with van der Waals surface area (Å²) in [6.45, 7) is 4.30. The van der Waals surface area contributed by atoms with Gasteiger partial charge in [-0.25, -0.2) is 9.48 Å². The van der Waals surface area contributed by atoms with Crippen molar-refractivity contribution in [2.45, 2.75) is 31.7 Å². The molecule has 2 heterocycles. The van der Waals surface area contributed by atoms with E-state index < -0.39 is 12.1 Å². The number of nitrogens with one attached hydrogen (secondary N) is 2. The molecule has 1 saturated heterocycles. The second-order valence-corrected chi connectivity index (χ2v) is 8.27. The van der Waals surface area contributed by atoms with Crippen LogP contribution < -0.4 is 10.6 Å². The molecule has 0 saturated carbocycles. The Morgan fingerprint density at radius 2 is 1.92 bits per heavy atom. The maximum atomic E-state index is 12.8. The van der Waals surface area contributed by atoms with Gasteiger partial charge in [0, 0.05) is 30.5 Å². The van der Waals surface area contributed by atoms with Crippen molar-refractivity contribution < 1.29 is 32.6 Å². The van der Waals surface area contributed by atoms with E-state index in [9.17, 15) is 18.0 Å². The Labute approximate surface area is 205 Å². The lowest BCUT2D eigenvalue weighted by Gasteiger charge is -2.25. The molecule has 1 aliphatic rings. The molecule has 9 nitrogen and oxygen atoms in total. The van der Waals surface area contributed by atoms with Gasteiger partial charge in [-0.2, -0.15) is 13.2 Å². The van der Waals surface area contributed by atoms with Crippen LogP contribution in [0.3, 0.4) is 0 Å². The Bertz CT molecular complexity index is 1190. The highest BCUT2D eigenvalue weighted by molar-refractivity contribution is 6.05. The van der Waals surface area contributed by atoms with Crippen LogP contribution in [-0.4, -0.2) is 64.0 Å². The van der Waals surface area contributed by atoms with Gasteiger partial charge in [0.2, 0.25) is 0 Å². The number of halogens is 3. The quantitative estimate of drug-likeness (QED) is 0.469. The van der Waals surface area contributed by atoms with E-state index in [-0.39, 0.29) is 11.5 Å². The number of amides is 1. The summed E-state index contributed by atoms with van der Waals surface area (Å²) in [5.74, 6) is -2.90. The summed E-state index contributed by atoms with van der Waals surface area (Å²) in [5.41, 5.74) is 3.63. The minimum atomic E-state index is -5.08. The van der Waals surface area contributed by atoms with Crippen molar-refractivity contribution in [1.82, 2.24) is 20.3 Å². The molecule has 1 fully saturated rings. The van der Waals surface area contributed by atoms with Gasteiger partial charge in [-0.15, -0.1) is 5.10 Å². The molecule has 3 N–H and O–H groups in total. The van der Waals surface area contributed by atoms with Crippen molar-refractivity contribution >= 4 is 17.6 Å². The molecule has 1 aliphatic heterocycles. The van der Waals surface area contributed by atoms with Crippen LogP contribution in [0.25, 0.3) is 11.3 Å². The maximum Gasteiger partial charge on any atom is 0.490 e. The van der Waals surface area contributed by atoms with Crippen molar-refractivity contribution in [2.24, 2.45) is 0 Å². The number of nitrogens with zero attached hydrogens (tertiary/aromatic N) is 3. The van der Waals surface area contributed by atoms with Gasteiger partial charge in [-0.05, 0) is 43.7 Å². The first-order valence-corrected chi connectivity index (χ1v) is 11.0. The zero-order valence-electron chi connectivity index (χ0n) is 19.7. The molecule has 12 heteroatoms. The Morgan fingerprint density at radius 3 is 2.50 bits per heavy atom. The monoisotopic (exact) mass is 505 g/mol. The minimum Gasteiger partial charge on any atom is -0.475 e. The van der Waals surface area contributed by atoms with E-state index in [1.54, 1.807) is 7.11 Å². The summed E-state index contributed by atoms with van der Waals surface area (Å²) in [5, 5.41) is 22.0. The lowest BCUT2D eigenvalue weighted by atomic mass is 10.0. The number of anilines is 1. The van der Waals surface area contributed by atoms with Crippen molar-refractivity contribution in [3.63, 3.8) is 0 Å². The van der Waals surface area contributed by atoms with E-state index in [2.05, 4.69) is 20.9 Å². The predicted molar refractivity (Wildman–Crippen MR) is 126 cm³/mol. The van der Waals surface area contributed by atoms with Gasteiger partial charge in [0.05, 0.1) is 12.7 Å². The van der Waals surface area contributed by atoms with Gasteiger partial charge >= 0.3 is 12.1 Å². The van der Waals surface area contributed by atoms with Gasteiger partial charge < -0.3 is 20.5 Å². The normalized spacial score (nSPS) is 17.2. The van der Waals surface area contributed by atoms with Crippen LogP contribution in [0.15, 0.2) is 54.7 Å². The van der Waals surface area contributed by atoms with Crippen LogP contribution >= 0.6 is 0 Å². The topological polar surface area (TPSA) is 118 Å². The molecular formula is C24H26F3N5O4. The highest BCUT2D eigenvalue weighted by Gasteiger charge is 2.38. The van der Waals surface area contributed by atoms with Crippen molar-refractivity contribution in [3.8, 4) is 11.3 Å². The number of alkyl halides is 3. The summed E-state index contributed by atoms with van der Waals surface area (Å²) < 4.78 is 39.3. The molecule has 0 bridgehead atoms. The molecule has 36 heavy (non-hydrogen) atoms. The van der Waals surface area contributed by atoms with Gasteiger partial charge in [-0.3, -0.25) is 4.79 Å². The molecule has 1 unspecified atom stereocenters. The largest absolute Gasteiger partial charge is 0.490 e. The number of aliphatic carboxylic acids is 1. The number of carbonyl (C=O) groups excluding carboxylic acids is 1. The lowest BCUT2D eigenvalue weighted by Crippen LogP contribution is -2.38. The molecule has 2 aromatic carbocycles. The minimum absolute atomic E-state index is 0.140. The zero-order valence-corrected chi connectivity index (χ0v) is 19.7. The Hall–Kier alpha value is -3.77. The average Bonchev–Trinajstić information content (AvgIpc) is 3.50. The first-order valence-electron chi connectivity index (χ1n) is 11.0. The van der Waals surface area contributed by atoms with Gasteiger partial charge in [0.25, 0.3) is 5.91 Å². The van der Waals surface area contributed by atoms with Crippen LogP contribution in [0.5, 0.6) is 0 Å². The summed E-state index contributed by atoms with van der Waals surface area (Å²) in [6, 6.07) is 15.2. The summed E-state index contributed by atoms with van der Waals surface area (Å²) in [6.07, 6.45) is -2.24. The predicted octanol–water partition coefficient (Wildman–Crippen LogP) is 3.52. The number of rotatable bonds is 6. The van der Waals surface area contributed by atoms with Gasteiger partial charge in [-0.1, -0.05) is 35.5 Å². The SMILES string of the molecule is COC1(Cn2cc(-c3ccc(C)c(C(=O)Nc4ccccc4)c3)nn2)CCNC1.O=C(O)C(F)(F)F. The van der Waals surface area contributed by atoms with Crippen LogP contribution in [0, 0.1) is 6.92 Å². The first-order chi connectivity index (χ1) is 17.0. The third kappa shape index (κ3) is 6.89. The third-order valence-electron chi connectivity index (χ3n) is 5.68. The number of ether oxygens (including phenoxy) is 1. The third-order valence-corrected chi connectivity index (χ3v) is 5.68. The number of methoxy groups -OCH3 is 1. The summed E-state index contributed by atoms with van der Waals surface area (Å²) >= 11 is 0. The van der Waals surface area contributed by atoms with Crippen molar-refractivity contribution in [1.29, 1.82) is 0 Å². The smallest absolute Gasteiger partial charge is 0.475 e. The Morgan fingerprint density at radius 1 is 1.22 bits per heavy atom. The van der Waals surface area contributed by atoms with E-state index in [4.69, 9.17) is 14.6 Å². The van der Waals surface area contributed by atoms with Crippen molar-refractivity contribution in [2.75, 3.05) is 25.5 Å². The molecule has 0 aliphatic carbocycles. The Balaban J connectivity index is 0.000000454. The highest BCUT2D eigenvalue weighted by Crippen LogP contribution is 2.24. The number of carboxylic acids is 1. The Kier molecular flexibility index (Phi) is 8.43. The van der Waals surface area contributed by atoms with Crippen molar-refractivity contribution in [3.05, 3.63) is 65.9 Å². The number of carbonyl (C=O) groups is 2. The van der Waals surface area contributed by atoms with Crippen LogP contribution in [0.4, 0.5) is 18.9 Å². The molecule has 0 spiro atoms. The van der Waals surface area contributed by atoms with E-state index >= 15 is 0 Å². The van der Waals surface area contributed by atoms with E-state index in [1.165, 1.54) is 0 Å². The second-order valence-electron chi connectivity index (χ2n) is 8.27. The molecular weight excluding hydrogens is 479 g/mol. The highest BCUT2D eigenvalue weighted by atomic mass is 19.4. The lowest BCUT2D eigenvalue weighted by molar-refractivity contribution is -0.192. The van der Waals surface area contributed by atoms with Gasteiger partial charge in [0.15, 0.2) is 0 Å². The summed E-state index contributed by atoms with van der Waals surface area (Å²) in [4.78, 5) is 21.7. The van der Waals surface area contributed by atoms with Crippen LogP contribution in [0.1, 0.15) is 22.3 Å². The standard InChI is InChI=1S/C22H25N5O2.C2HF3O2/c1-16-8-9-17(12-19(16)21(28)24-18-6-4-3-5-7-18)20-13-27(26-25-20)15-22(29-2)10-11-23-14-22;3-2(4,5)1(6)7/h3-9,12-13,23H,10-11,14-15H2,1-2H3,(H,24,28);(H,6,7). The zero-order chi connectivity index (χ0) is 26.3. The van der Waals surface area contributed by atoms with Crippen LogP contribution in [0.2, 0.25) is 0 Å². The fraction of sp³-hybridized carbons (Fsp3) is 0.333.